The Labute approximate surface area is 166 Å². The Hall–Kier alpha value is -2.01. The smallest absolute Gasteiger partial charge is 0.242 e. The lowest BCUT2D eigenvalue weighted by Crippen LogP contribution is -2.35. The molecule has 27 heavy (non-hydrogen) atoms. The summed E-state index contributed by atoms with van der Waals surface area (Å²) < 4.78 is 0. The summed E-state index contributed by atoms with van der Waals surface area (Å²) >= 11 is 1.76. The van der Waals surface area contributed by atoms with Gasteiger partial charge in [0.1, 0.15) is 0 Å². The molecule has 2 aliphatic rings. The van der Waals surface area contributed by atoms with Crippen LogP contribution in [0.2, 0.25) is 0 Å². The fraction of sp³-hybridized carbons (Fsp3) is 0.500. The highest BCUT2D eigenvalue weighted by Crippen LogP contribution is 2.34. The topological polar surface area (TPSA) is 35.6 Å². The van der Waals surface area contributed by atoms with Gasteiger partial charge in [0.15, 0.2) is 0 Å². The Morgan fingerprint density at radius 1 is 1.00 bits per heavy atom. The van der Waals surface area contributed by atoms with Crippen molar-refractivity contribution >= 4 is 28.6 Å². The van der Waals surface area contributed by atoms with Crippen LogP contribution in [0.5, 0.6) is 0 Å². The molecule has 1 aromatic carbocycles. The molecule has 0 bridgehead atoms. The zero-order valence-corrected chi connectivity index (χ0v) is 16.7. The molecule has 144 valence electrons. The molecule has 0 aliphatic carbocycles. The van der Waals surface area contributed by atoms with Gasteiger partial charge in [0.25, 0.3) is 0 Å². The highest BCUT2D eigenvalue weighted by atomic mass is 32.1. The largest absolute Gasteiger partial charge is 0.374 e. The molecule has 1 N–H and O–H groups in total. The van der Waals surface area contributed by atoms with Crippen molar-refractivity contribution in [3.05, 3.63) is 46.7 Å². The second kappa shape index (κ2) is 8.79. The molecular weight excluding hydrogens is 354 g/mol. The van der Waals surface area contributed by atoms with Crippen LogP contribution in [-0.2, 0) is 4.79 Å². The Morgan fingerprint density at radius 2 is 1.81 bits per heavy atom. The lowest BCUT2D eigenvalue weighted by atomic mass is 10.2. The first-order chi connectivity index (χ1) is 13.3. The molecular formula is C22H29N3OS. The van der Waals surface area contributed by atoms with E-state index < -0.39 is 0 Å². The van der Waals surface area contributed by atoms with Crippen molar-refractivity contribution in [2.45, 2.75) is 44.6 Å². The number of anilines is 2. The number of benzene rings is 1. The van der Waals surface area contributed by atoms with Gasteiger partial charge in [-0.3, -0.25) is 4.79 Å². The standard InChI is InChI=1S/C22H29N3OS/c26-22(25-15-7-11-20(25)21-12-8-16-27-21)17-23-18-9-3-4-10-19(18)24-13-5-1-2-6-14-24/h3-4,8-10,12,16,20,23H,1-2,5-7,11,13-15,17H2. The van der Waals surface area contributed by atoms with Crippen molar-refractivity contribution in [1.29, 1.82) is 0 Å². The quantitative estimate of drug-likeness (QED) is 0.797. The van der Waals surface area contributed by atoms with Crippen LogP contribution in [0.3, 0.4) is 0 Å². The van der Waals surface area contributed by atoms with Crippen molar-refractivity contribution in [2.24, 2.45) is 0 Å². The first-order valence-electron chi connectivity index (χ1n) is 10.2. The molecule has 2 aromatic rings. The molecule has 0 saturated carbocycles. The van der Waals surface area contributed by atoms with Gasteiger partial charge in [0, 0.05) is 24.5 Å². The van der Waals surface area contributed by atoms with Gasteiger partial charge in [-0.15, -0.1) is 11.3 Å². The molecule has 4 nitrogen and oxygen atoms in total. The zero-order valence-electron chi connectivity index (χ0n) is 15.9. The summed E-state index contributed by atoms with van der Waals surface area (Å²) in [5.74, 6) is 0.205. The number of nitrogens with one attached hydrogen (secondary N) is 1. The van der Waals surface area contributed by atoms with E-state index in [2.05, 4.69) is 56.9 Å². The summed E-state index contributed by atoms with van der Waals surface area (Å²) in [5.41, 5.74) is 2.32. The van der Waals surface area contributed by atoms with Crippen molar-refractivity contribution in [3.63, 3.8) is 0 Å². The van der Waals surface area contributed by atoms with E-state index >= 15 is 0 Å². The number of thiophene rings is 1. The van der Waals surface area contributed by atoms with Crippen LogP contribution in [0.1, 0.15) is 49.4 Å². The van der Waals surface area contributed by atoms with Gasteiger partial charge in [-0.25, -0.2) is 0 Å². The molecule has 5 heteroatoms. The lowest BCUT2D eigenvalue weighted by Gasteiger charge is -2.27. The van der Waals surface area contributed by atoms with Crippen LogP contribution >= 0.6 is 11.3 Å². The van der Waals surface area contributed by atoms with Crippen molar-refractivity contribution in [3.8, 4) is 0 Å². The lowest BCUT2D eigenvalue weighted by molar-refractivity contribution is -0.130. The third kappa shape index (κ3) is 4.29. The van der Waals surface area contributed by atoms with Crippen LogP contribution < -0.4 is 10.2 Å². The molecule has 2 aliphatic heterocycles. The van der Waals surface area contributed by atoms with Crippen molar-refractivity contribution < 1.29 is 4.79 Å². The van der Waals surface area contributed by atoms with E-state index in [-0.39, 0.29) is 11.9 Å². The van der Waals surface area contributed by atoms with Gasteiger partial charge < -0.3 is 15.1 Å². The van der Waals surface area contributed by atoms with Crippen LogP contribution in [0, 0.1) is 0 Å². The molecule has 1 aromatic heterocycles. The molecule has 2 fully saturated rings. The summed E-state index contributed by atoms with van der Waals surface area (Å²) in [4.78, 5) is 18.8. The number of hydrogen-bond donors (Lipinski definition) is 1. The fourth-order valence-electron chi connectivity index (χ4n) is 4.32. The van der Waals surface area contributed by atoms with Crippen molar-refractivity contribution in [2.75, 3.05) is 36.4 Å². The SMILES string of the molecule is O=C(CNc1ccccc1N1CCCCCC1)N1CCCC1c1cccs1. The van der Waals surface area contributed by atoms with E-state index in [0.717, 1.165) is 38.2 Å². The van der Waals surface area contributed by atoms with Crippen LogP contribution in [-0.4, -0.2) is 37.0 Å². The Bertz CT molecular complexity index is 738. The Kier molecular flexibility index (Phi) is 5.97. The van der Waals surface area contributed by atoms with Crippen molar-refractivity contribution in [1.82, 2.24) is 4.90 Å². The van der Waals surface area contributed by atoms with Gasteiger partial charge >= 0.3 is 0 Å². The van der Waals surface area contributed by atoms with E-state index in [1.165, 1.54) is 36.2 Å². The highest BCUT2D eigenvalue weighted by Gasteiger charge is 2.30. The van der Waals surface area contributed by atoms with Gasteiger partial charge in [-0.2, -0.15) is 0 Å². The molecule has 0 radical (unpaired) electrons. The number of nitrogens with zero attached hydrogens (tertiary/aromatic N) is 2. The first-order valence-corrected chi connectivity index (χ1v) is 11.1. The monoisotopic (exact) mass is 383 g/mol. The molecule has 4 rings (SSSR count). The van der Waals surface area contributed by atoms with Gasteiger partial charge in [-0.1, -0.05) is 31.0 Å². The first kappa shape index (κ1) is 18.4. The predicted octanol–water partition coefficient (Wildman–Crippen LogP) is 4.90. The minimum atomic E-state index is 0.205. The molecule has 1 atom stereocenters. The normalized spacial score (nSPS) is 20.5. The minimum absolute atomic E-state index is 0.205. The summed E-state index contributed by atoms with van der Waals surface area (Å²) in [6.07, 6.45) is 7.33. The second-order valence-electron chi connectivity index (χ2n) is 7.53. The molecule has 2 saturated heterocycles. The summed E-state index contributed by atoms with van der Waals surface area (Å²) in [5, 5.41) is 5.55. The van der Waals surface area contributed by atoms with Gasteiger partial charge in [0.05, 0.1) is 24.0 Å². The summed E-state index contributed by atoms with van der Waals surface area (Å²) in [6, 6.07) is 12.9. The van der Waals surface area contributed by atoms with Gasteiger partial charge in [0.2, 0.25) is 5.91 Å². The maximum Gasteiger partial charge on any atom is 0.242 e. The van der Waals surface area contributed by atoms with E-state index in [9.17, 15) is 4.79 Å². The number of carbonyl (C=O) groups excluding carboxylic acids is 1. The molecule has 1 unspecified atom stereocenters. The number of likely N-dealkylation sites (tertiary alicyclic amines) is 1. The third-order valence-electron chi connectivity index (χ3n) is 5.73. The number of para-hydroxylation sites is 2. The Morgan fingerprint density at radius 3 is 2.59 bits per heavy atom. The Balaban J connectivity index is 1.42. The predicted molar refractivity (Wildman–Crippen MR) is 114 cm³/mol. The van der Waals surface area contributed by atoms with Crippen LogP contribution in [0.4, 0.5) is 11.4 Å². The van der Waals surface area contributed by atoms with Crippen LogP contribution in [0.15, 0.2) is 41.8 Å². The maximum absolute atomic E-state index is 12.9. The van der Waals surface area contributed by atoms with E-state index in [1.54, 1.807) is 11.3 Å². The highest BCUT2D eigenvalue weighted by molar-refractivity contribution is 7.10. The number of hydrogen-bond acceptors (Lipinski definition) is 4. The average molecular weight is 384 g/mol. The van der Waals surface area contributed by atoms with E-state index in [4.69, 9.17) is 0 Å². The average Bonchev–Trinajstić information content (AvgIpc) is 3.33. The van der Waals surface area contributed by atoms with E-state index in [0.29, 0.717) is 6.54 Å². The minimum Gasteiger partial charge on any atom is -0.374 e. The number of amides is 1. The van der Waals surface area contributed by atoms with Gasteiger partial charge in [-0.05, 0) is 49.3 Å². The third-order valence-corrected chi connectivity index (χ3v) is 6.70. The molecule has 0 spiro atoms. The summed E-state index contributed by atoms with van der Waals surface area (Å²) in [7, 11) is 0. The van der Waals surface area contributed by atoms with Crippen LogP contribution in [0.25, 0.3) is 0 Å². The maximum atomic E-state index is 12.9. The second-order valence-corrected chi connectivity index (χ2v) is 8.51. The zero-order chi connectivity index (χ0) is 18.5. The fourth-order valence-corrected chi connectivity index (χ4v) is 5.20. The number of carbonyl (C=O) groups is 1. The number of rotatable bonds is 5. The molecule has 1 amide bonds. The summed E-state index contributed by atoms with van der Waals surface area (Å²) in [6.45, 7) is 3.46. The van der Waals surface area contributed by atoms with E-state index in [1.807, 2.05) is 0 Å². The molecule has 3 heterocycles.